The van der Waals surface area contributed by atoms with Crippen LogP contribution in [0.25, 0.3) is 11.5 Å². The molecular formula is C19H14FN5O3. The normalized spacial score (nSPS) is 10.6. The van der Waals surface area contributed by atoms with Crippen LogP contribution in [0.15, 0.2) is 58.0 Å². The molecule has 0 unspecified atom stereocenters. The maximum absolute atomic E-state index is 13.0. The maximum Gasteiger partial charge on any atom is 0.255 e. The second-order valence-electron chi connectivity index (χ2n) is 5.51. The van der Waals surface area contributed by atoms with Crippen molar-refractivity contribution in [3.05, 3.63) is 65.6 Å². The molecule has 0 spiro atoms. The van der Waals surface area contributed by atoms with Crippen molar-refractivity contribution in [3.63, 3.8) is 0 Å². The van der Waals surface area contributed by atoms with Gasteiger partial charge in [-0.1, -0.05) is 0 Å². The van der Waals surface area contributed by atoms with E-state index in [0.717, 1.165) is 5.56 Å². The fraction of sp³-hybridized carbons (Fsp3) is 0.0526. The lowest BCUT2D eigenvalue weighted by molar-refractivity contribution is -0.119. The first kappa shape index (κ1) is 18.6. The predicted octanol–water partition coefficient (Wildman–Crippen LogP) is 2.66. The minimum atomic E-state index is -0.560. The molecule has 9 heteroatoms. The van der Waals surface area contributed by atoms with Crippen LogP contribution in [0.5, 0.6) is 5.75 Å². The van der Waals surface area contributed by atoms with Crippen molar-refractivity contribution in [2.75, 3.05) is 12.0 Å². The number of rotatable bonds is 7. The molecule has 1 heterocycles. The zero-order chi connectivity index (χ0) is 19.9. The minimum absolute atomic E-state index is 0.0201. The molecule has 0 radical (unpaired) electrons. The highest BCUT2D eigenvalue weighted by molar-refractivity contribution is 5.80. The Kier molecular flexibility index (Phi) is 5.62. The van der Waals surface area contributed by atoms with Gasteiger partial charge in [-0.3, -0.25) is 4.79 Å². The maximum atomic E-state index is 13.0. The predicted molar refractivity (Wildman–Crippen MR) is 99.0 cm³/mol. The highest BCUT2D eigenvalue weighted by Gasteiger charge is 2.14. The zero-order valence-electron chi connectivity index (χ0n) is 14.4. The number of hydrazone groups is 1. The van der Waals surface area contributed by atoms with Gasteiger partial charge in [0.1, 0.15) is 17.6 Å². The summed E-state index contributed by atoms with van der Waals surface area (Å²) in [5.74, 6) is -0.209. The second kappa shape index (κ2) is 8.46. The third kappa shape index (κ3) is 4.70. The summed E-state index contributed by atoms with van der Waals surface area (Å²) < 4.78 is 23.7. The van der Waals surface area contributed by atoms with Crippen LogP contribution in [0.2, 0.25) is 0 Å². The number of amides is 1. The summed E-state index contributed by atoms with van der Waals surface area (Å²) in [4.78, 5) is 14.7. The summed E-state index contributed by atoms with van der Waals surface area (Å²) in [6.45, 7) is -0.201. The molecule has 0 saturated heterocycles. The molecule has 0 saturated carbocycles. The number of halogens is 1. The van der Waals surface area contributed by atoms with E-state index in [0.29, 0.717) is 11.3 Å². The number of ether oxygens (including phenoxy) is 1. The number of carbonyl (C=O) groups is 1. The number of nitrogens with two attached hydrogens (primary N) is 1. The second-order valence-corrected chi connectivity index (χ2v) is 5.51. The SMILES string of the molecule is N#Cc1nc(-c2ccc(F)cc2)oc1N/N=C/c1ccc(OCC(N)=O)cc1. The highest BCUT2D eigenvalue weighted by atomic mass is 19.1. The molecule has 0 aliphatic carbocycles. The van der Waals surface area contributed by atoms with Crippen LogP contribution in [0.1, 0.15) is 11.3 Å². The van der Waals surface area contributed by atoms with E-state index in [1.165, 1.54) is 30.5 Å². The van der Waals surface area contributed by atoms with Gasteiger partial charge in [-0.15, -0.1) is 0 Å². The molecule has 1 aromatic heterocycles. The van der Waals surface area contributed by atoms with Crippen molar-refractivity contribution in [1.29, 1.82) is 5.26 Å². The summed E-state index contributed by atoms with van der Waals surface area (Å²) in [6.07, 6.45) is 1.50. The van der Waals surface area contributed by atoms with Gasteiger partial charge >= 0.3 is 0 Å². The smallest absolute Gasteiger partial charge is 0.255 e. The number of carbonyl (C=O) groups excluding carboxylic acids is 1. The lowest BCUT2D eigenvalue weighted by Crippen LogP contribution is -2.19. The number of benzene rings is 2. The average molecular weight is 379 g/mol. The first-order valence-corrected chi connectivity index (χ1v) is 8.02. The largest absolute Gasteiger partial charge is 0.484 e. The molecule has 1 amide bonds. The molecule has 3 N–H and O–H groups in total. The third-order valence-corrected chi connectivity index (χ3v) is 3.47. The summed E-state index contributed by atoms with van der Waals surface area (Å²) in [7, 11) is 0. The van der Waals surface area contributed by atoms with Crippen LogP contribution >= 0.6 is 0 Å². The van der Waals surface area contributed by atoms with E-state index < -0.39 is 5.91 Å². The van der Waals surface area contributed by atoms with Crippen molar-refractivity contribution in [2.45, 2.75) is 0 Å². The first-order valence-electron chi connectivity index (χ1n) is 8.02. The molecule has 28 heavy (non-hydrogen) atoms. The number of primary amides is 1. The van der Waals surface area contributed by atoms with Crippen LogP contribution in [-0.2, 0) is 4.79 Å². The van der Waals surface area contributed by atoms with Crippen LogP contribution in [0.4, 0.5) is 10.3 Å². The van der Waals surface area contributed by atoms with Crippen molar-refractivity contribution in [1.82, 2.24) is 4.98 Å². The first-order chi connectivity index (χ1) is 13.5. The van der Waals surface area contributed by atoms with E-state index in [2.05, 4.69) is 15.5 Å². The lowest BCUT2D eigenvalue weighted by atomic mass is 10.2. The van der Waals surface area contributed by atoms with E-state index in [9.17, 15) is 14.4 Å². The van der Waals surface area contributed by atoms with Gasteiger partial charge in [-0.25, -0.2) is 9.82 Å². The van der Waals surface area contributed by atoms with Gasteiger partial charge in [0.05, 0.1) is 6.21 Å². The average Bonchev–Trinajstić information content (AvgIpc) is 3.11. The molecule has 0 aliphatic rings. The van der Waals surface area contributed by atoms with Gasteiger partial charge in [-0.2, -0.15) is 15.3 Å². The molecule has 0 bridgehead atoms. The lowest BCUT2D eigenvalue weighted by Gasteiger charge is -2.03. The number of hydrogen-bond acceptors (Lipinski definition) is 7. The van der Waals surface area contributed by atoms with Crippen LogP contribution in [0, 0.1) is 17.1 Å². The number of oxazole rings is 1. The molecule has 0 aliphatic heterocycles. The Labute approximate surface area is 159 Å². The van der Waals surface area contributed by atoms with E-state index in [4.69, 9.17) is 14.9 Å². The molecular weight excluding hydrogens is 365 g/mol. The van der Waals surface area contributed by atoms with E-state index in [1.807, 2.05) is 6.07 Å². The molecule has 8 nitrogen and oxygen atoms in total. The van der Waals surface area contributed by atoms with E-state index >= 15 is 0 Å². The molecule has 2 aromatic carbocycles. The molecule has 0 fully saturated rings. The summed E-state index contributed by atoms with van der Waals surface area (Å²) in [5.41, 5.74) is 8.91. The molecule has 140 valence electrons. The van der Waals surface area contributed by atoms with Crippen molar-refractivity contribution < 1.29 is 18.3 Å². The van der Waals surface area contributed by atoms with Gasteiger partial charge < -0.3 is 14.9 Å². The standard InChI is InChI=1S/C19H14FN5O3/c20-14-5-3-13(4-6-14)18-24-16(9-21)19(28-18)25-23-10-12-1-7-15(8-2-12)27-11-17(22)26/h1-8,10,25H,11H2,(H2,22,26)/b23-10+. The van der Waals surface area contributed by atoms with Crippen molar-refractivity contribution in [3.8, 4) is 23.3 Å². The topological polar surface area (TPSA) is 127 Å². The summed E-state index contributed by atoms with van der Waals surface area (Å²) in [6, 6.07) is 14.2. The fourth-order valence-corrected chi connectivity index (χ4v) is 2.16. The van der Waals surface area contributed by atoms with Gasteiger partial charge in [-0.05, 0) is 54.1 Å². The van der Waals surface area contributed by atoms with Crippen molar-refractivity contribution >= 4 is 18.0 Å². The quantitative estimate of drug-likeness (QED) is 0.480. The Morgan fingerprint density at radius 1 is 1.29 bits per heavy atom. The molecule has 0 atom stereocenters. The summed E-state index contributed by atoms with van der Waals surface area (Å²) >= 11 is 0. The Hall–Kier alpha value is -4.19. The van der Waals surface area contributed by atoms with Crippen molar-refractivity contribution in [2.24, 2.45) is 10.8 Å². The van der Waals surface area contributed by atoms with E-state index in [-0.39, 0.29) is 29.9 Å². The Morgan fingerprint density at radius 2 is 2.00 bits per heavy atom. The number of nitriles is 1. The molecule has 3 aromatic rings. The van der Waals surface area contributed by atoms with Gasteiger partial charge in [0.2, 0.25) is 11.6 Å². The van der Waals surface area contributed by atoms with Gasteiger partial charge in [0.15, 0.2) is 6.61 Å². The number of hydrogen-bond donors (Lipinski definition) is 2. The van der Waals surface area contributed by atoms with Gasteiger partial charge in [0.25, 0.3) is 11.8 Å². The number of nitrogens with zero attached hydrogens (tertiary/aromatic N) is 3. The fourth-order valence-electron chi connectivity index (χ4n) is 2.16. The monoisotopic (exact) mass is 379 g/mol. The third-order valence-electron chi connectivity index (χ3n) is 3.47. The Balaban J connectivity index is 1.67. The number of nitrogens with one attached hydrogen (secondary N) is 1. The van der Waals surface area contributed by atoms with E-state index in [1.54, 1.807) is 24.3 Å². The Morgan fingerprint density at radius 3 is 2.64 bits per heavy atom. The van der Waals surface area contributed by atoms with Gasteiger partial charge in [0, 0.05) is 5.56 Å². The number of anilines is 1. The zero-order valence-corrected chi connectivity index (χ0v) is 14.4. The number of aromatic nitrogens is 1. The van der Waals surface area contributed by atoms with Crippen LogP contribution in [-0.4, -0.2) is 23.7 Å². The Bertz CT molecular complexity index is 1040. The minimum Gasteiger partial charge on any atom is -0.484 e. The highest BCUT2D eigenvalue weighted by Crippen LogP contribution is 2.25. The van der Waals surface area contributed by atoms with Crippen LogP contribution in [0.3, 0.4) is 0 Å². The molecule has 3 rings (SSSR count). The summed E-state index contributed by atoms with van der Waals surface area (Å²) in [5, 5.41) is 13.2. The van der Waals surface area contributed by atoms with Crippen LogP contribution < -0.4 is 15.9 Å².